The Morgan fingerprint density at radius 2 is 1.70 bits per heavy atom. The van der Waals surface area contributed by atoms with E-state index in [0.717, 1.165) is 5.59 Å². The molecule has 0 atom stereocenters. The van der Waals surface area contributed by atoms with Gasteiger partial charge >= 0.3 is 7.12 Å². The van der Waals surface area contributed by atoms with Crippen molar-refractivity contribution in [2.75, 3.05) is 0 Å². The van der Waals surface area contributed by atoms with Gasteiger partial charge in [0.15, 0.2) is 0 Å². The van der Waals surface area contributed by atoms with Gasteiger partial charge in [0.25, 0.3) is 0 Å². The maximum atomic E-state index is 6.08. The molecule has 2 aliphatic rings. The van der Waals surface area contributed by atoms with Crippen molar-refractivity contribution in [2.45, 2.75) is 70.5 Å². The molecular formula is C16H24BNO2. The lowest BCUT2D eigenvalue weighted by Crippen LogP contribution is -2.41. The second-order valence-corrected chi connectivity index (χ2v) is 7.08. The standard InChI is InChI=1S/C16H24BNO2/c1-15(2)16(3,4)20-17(19-15)14-11-13(9-10-18-14)12-7-5-6-8-12/h9-12H,5-8H2,1-4H3. The molecule has 20 heavy (non-hydrogen) atoms. The highest BCUT2D eigenvalue weighted by Crippen LogP contribution is 2.37. The molecular weight excluding hydrogens is 249 g/mol. The number of pyridine rings is 1. The van der Waals surface area contributed by atoms with Crippen molar-refractivity contribution in [3.63, 3.8) is 0 Å². The van der Waals surface area contributed by atoms with Crippen LogP contribution in [-0.4, -0.2) is 23.3 Å². The molecule has 4 heteroatoms. The highest BCUT2D eigenvalue weighted by molar-refractivity contribution is 6.61. The van der Waals surface area contributed by atoms with E-state index in [1.807, 2.05) is 6.20 Å². The second-order valence-electron chi connectivity index (χ2n) is 7.08. The Kier molecular flexibility index (Phi) is 3.42. The third kappa shape index (κ3) is 2.40. The molecule has 0 N–H and O–H groups in total. The van der Waals surface area contributed by atoms with Crippen LogP contribution in [-0.2, 0) is 9.31 Å². The van der Waals surface area contributed by atoms with E-state index in [1.165, 1.54) is 31.2 Å². The molecule has 2 fully saturated rings. The van der Waals surface area contributed by atoms with Crippen molar-refractivity contribution in [2.24, 2.45) is 0 Å². The summed E-state index contributed by atoms with van der Waals surface area (Å²) in [6.07, 6.45) is 7.19. The first-order valence-corrected chi connectivity index (χ1v) is 7.70. The molecule has 0 radical (unpaired) electrons. The van der Waals surface area contributed by atoms with Crippen LogP contribution in [0, 0.1) is 0 Å². The first kappa shape index (κ1) is 14.1. The summed E-state index contributed by atoms with van der Waals surface area (Å²) in [6.45, 7) is 8.31. The summed E-state index contributed by atoms with van der Waals surface area (Å²) in [5.74, 6) is 0.694. The van der Waals surface area contributed by atoms with E-state index in [9.17, 15) is 0 Å². The lowest BCUT2D eigenvalue weighted by molar-refractivity contribution is 0.00578. The van der Waals surface area contributed by atoms with E-state index in [-0.39, 0.29) is 18.3 Å². The van der Waals surface area contributed by atoms with E-state index in [0.29, 0.717) is 5.92 Å². The summed E-state index contributed by atoms with van der Waals surface area (Å²) in [7, 11) is -0.346. The van der Waals surface area contributed by atoms with Gasteiger partial charge in [0.2, 0.25) is 0 Å². The van der Waals surface area contributed by atoms with Gasteiger partial charge < -0.3 is 9.31 Å². The molecule has 1 aromatic rings. The SMILES string of the molecule is CC1(C)OB(c2cc(C3CCCC3)ccn2)OC1(C)C. The lowest BCUT2D eigenvalue weighted by Gasteiger charge is -2.32. The largest absolute Gasteiger partial charge is 0.514 e. The molecule has 0 aromatic carbocycles. The van der Waals surface area contributed by atoms with Crippen molar-refractivity contribution in [3.8, 4) is 0 Å². The van der Waals surface area contributed by atoms with Crippen LogP contribution in [0.5, 0.6) is 0 Å². The highest BCUT2D eigenvalue weighted by atomic mass is 16.7. The topological polar surface area (TPSA) is 31.4 Å². The molecule has 0 unspecified atom stereocenters. The van der Waals surface area contributed by atoms with Gasteiger partial charge in [0, 0.05) is 6.20 Å². The normalized spacial score (nSPS) is 25.3. The van der Waals surface area contributed by atoms with Crippen LogP contribution in [0.4, 0.5) is 0 Å². The van der Waals surface area contributed by atoms with Gasteiger partial charge in [0.1, 0.15) is 0 Å². The zero-order chi connectivity index (χ0) is 14.4. The third-order valence-electron chi connectivity index (χ3n) is 5.13. The zero-order valence-corrected chi connectivity index (χ0v) is 13.0. The van der Waals surface area contributed by atoms with Crippen molar-refractivity contribution in [1.82, 2.24) is 4.98 Å². The van der Waals surface area contributed by atoms with Crippen molar-refractivity contribution in [1.29, 1.82) is 0 Å². The summed E-state index contributed by atoms with van der Waals surface area (Å²) in [6, 6.07) is 4.32. The van der Waals surface area contributed by atoms with Gasteiger partial charge in [-0.2, -0.15) is 0 Å². The van der Waals surface area contributed by atoms with Crippen molar-refractivity contribution in [3.05, 3.63) is 23.9 Å². The monoisotopic (exact) mass is 273 g/mol. The fraction of sp³-hybridized carbons (Fsp3) is 0.688. The van der Waals surface area contributed by atoms with Crippen molar-refractivity contribution >= 4 is 12.7 Å². The van der Waals surface area contributed by atoms with Crippen LogP contribution in [0.25, 0.3) is 0 Å². The molecule has 1 aliphatic heterocycles. The van der Waals surface area contributed by atoms with Gasteiger partial charge in [-0.05, 0) is 64.2 Å². The number of nitrogens with zero attached hydrogens (tertiary/aromatic N) is 1. The maximum Gasteiger partial charge on any atom is 0.514 e. The molecule has 1 saturated carbocycles. The van der Waals surface area contributed by atoms with E-state index in [1.54, 1.807) is 0 Å². The smallest absolute Gasteiger partial charge is 0.398 e. The van der Waals surface area contributed by atoms with E-state index in [2.05, 4.69) is 44.8 Å². The Balaban J connectivity index is 1.83. The van der Waals surface area contributed by atoms with E-state index >= 15 is 0 Å². The lowest BCUT2D eigenvalue weighted by atomic mass is 9.82. The zero-order valence-electron chi connectivity index (χ0n) is 13.0. The van der Waals surface area contributed by atoms with Crippen LogP contribution in [0.3, 0.4) is 0 Å². The number of rotatable bonds is 2. The Labute approximate surface area is 122 Å². The van der Waals surface area contributed by atoms with Crippen LogP contribution in [0.2, 0.25) is 0 Å². The van der Waals surface area contributed by atoms with E-state index < -0.39 is 0 Å². The van der Waals surface area contributed by atoms with Crippen LogP contribution in [0.15, 0.2) is 18.3 Å². The molecule has 0 amide bonds. The van der Waals surface area contributed by atoms with Gasteiger partial charge in [-0.1, -0.05) is 12.8 Å². The minimum Gasteiger partial charge on any atom is -0.398 e. The average Bonchev–Trinajstić information content (AvgIpc) is 2.97. The van der Waals surface area contributed by atoms with Crippen LogP contribution in [0.1, 0.15) is 64.9 Å². The van der Waals surface area contributed by atoms with Gasteiger partial charge in [0.05, 0.1) is 16.8 Å². The summed E-state index contributed by atoms with van der Waals surface area (Å²) < 4.78 is 12.2. The quantitative estimate of drug-likeness (QED) is 0.776. The fourth-order valence-electron chi connectivity index (χ4n) is 3.07. The predicted octanol–water partition coefficient (Wildman–Crippen LogP) is 3.04. The summed E-state index contributed by atoms with van der Waals surface area (Å²) in [4.78, 5) is 4.47. The predicted molar refractivity (Wildman–Crippen MR) is 81.2 cm³/mol. The van der Waals surface area contributed by atoms with Gasteiger partial charge in [-0.25, -0.2) is 0 Å². The number of hydrogen-bond donors (Lipinski definition) is 0. The van der Waals surface area contributed by atoms with Crippen molar-refractivity contribution < 1.29 is 9.31 Å². The molecule has 2 heterocycles. The molecule has 0 spiro atoms. The van der Waals surface area contributed by atoms with Crippen LogP contribution < -0.4 is 5.59 Å². The molecule has 1 aromatic heterocycles. The Morgan fingerprint density at radius 3 is 2.30 bits per heavy atom. The minimum absolute atomic E-state index is 0.303. The van der Waals surface area contributed by atoms with Gasteiger partial charge in [-0.3, -0.25) is 4.98 Å². The Bertz CT molecular complexity index is 479. The fourth-order valence-corrected chi connectivity index (χ4v) is 3.07. The molecule has 0 bridgehead atoms. The summed E-state index contributed by atoms with van der Waals surface area (Å²) in [5, 5.41) is 0. The van der Waals surface area contributed by atoms with Gasteiger partial charge in [-0.15, -0.1) is 0 Å². The van der Waals surface area contributed by atoms with Crippen LogP contribution >= 0.6 is 0 Å². The molecule has 3 rings (SSSR count). The summed E-state index contributed by atoms with van der Waals surface area (Å²) >= 11 is 0. The van der Waals surface area contributed by atoms with E-state index in [4.69, 9.17) is 9.31 Å². The summed E-state index contributed by atoms with van der Waals surface area (Å²) in [5.41, 5.74) is 1.70. The molecule has 1 aliphatic carbocycles. The first-order chi connectivity index (χ1) is 9.39. The average molecular weight is 273 g/mol. The molecule has 108 valence electrons. The second kappa shape index (κ2) is 4.85. The maximum absolute atomic E-state index is 6.08. The Morgan fingerprint density at radius 1 is 1.10 bits per heavy atom. The molecule has 3 nitrogen and oxygen atoms in total. The Hall–Kier alpha value is -0.865. The molecule has 1 saturated heterocycles. The third-order valence-corrected chi connectivity index (χ3v) is 5.13. The number of aromatic nitrogens is 1. The first-order valence-electron chi connectivity index (χ1n) is 7.70. The minimum atomic E-state index is -0.346. The number of hydrogen-bond acceptors (Lipinski definition) is 3. The highest BCUT2D eigenvalue weighted by Gasteiger charge is 2.52.